The first-order valence-electron chi connectivity index (χ1n) is 12.1. The first-order valence-corrected chi connectivity index (χ1v) is 12.5. The van der Waals surface area contributed by atoms with Crippen LogP contribution in [0.25, 0.3) is 0 Å². The number of hydrogen-bond acceptors (Lipinski definition) is 6. The number of anilines is 1. The van der Waals surface area contributed by atoms with Gasteiger partial charge in [0.1, 0.15) is 12.3 Å². The Bertz CT molecular complexity index is 1260. The highest BCUT2D eigenvalue weighted by atomic mass is 35.5. The van der Waals surface area contributed by atoms with E-state index in [1.807, 2.05) is 6.07 Å². The molecular formula is C27H29ClN3O5+. The van der Waals surface area contributed by atoms with Crippen LogP contribution in [0, 0.1) is 12.8 Å². The molecule has 1 unspecified atom stereocenters. The molecule has 2 bridgehead atoms. The number of fused-ring (bicyclic) bond motifs is 3. The number of aromatic nitrogens is 1. The predicted molar refractivity (Wildman–Crippen MR) is 133 cm³/mol. The van der Waals surface area contributed by atoms with E-state index in [1.165, 1.54) is 0 Å². The quantitative estimate of drug-likeness (QED) is 0.371. The molecule has 0 saturated carbocycles. The largest absolute Gasteiger partial charge is 0.453 e. The number of hydrogen-bond donors (Lipinski definition) is 2. The van der Waals surface area contributed by atoms with Crippen LogP contribution in [0.15, 0.2) is 65.2 Å². The maximum absolute atomic E-state index is 13.7. The highest BCUT2D eigenvalue weighted by Gasteiger charge is 2.51. The number of carbonyl (C=O) groups is 2. The van der Waals surface area contributed by atoms with Crippen LogP contribution in [0.5, 0.6) is 0 Å². The Morgan fingerprint density at radius 1 is 1.17 bits per heavy atom. The number of quaternary nitrogens is 1. The fourth-order valence-electron chi connectivity index (χ4n) is 5.53. The highest BCUT2D eigenvalue weighted by molar-refractivity contribution is 6.31. The maximum Gasteiger partial charge on any atom is 0.348 e. The molecule has 3 saturated heterocycles. The number of ether oxygens (including phenoxy) is 1. The molecule has 2 N–H and O–H groups in total. The summed E-state index contributed by atoms with van der Waals surface area (Å²) < 4.78 is 11.6. The van der Waals surface area contributed by atoms with Gasteiger partial charge in [-0.15, -0.1) is 0 Å². The molecule has 1 amide bonds. The number of carbonyl (C=O) groups excluding carboxylic acids is 2. The number of aryl methyl sites for hydroxylation is 1. The molecule has 3 aliphatic rings. The van der Waals surface area contributed by atoms with Crippen molar-refractivity contribution in [3.63, 3.8) is 0 Å². The Morgan fingerprint density at radius 2 is 1.86 bits per heavy atom. The van der Waals surface area contributed by atoms with Crippen LogP contribution in [-0.4, -0.2) is 58.9 Å². The van der Waals surface area contributed by atoms with Crippen LogP contribution in [-0.2, 0) is 19.9 Å². The normalized spacial score (nSPS) is 24.6. The molecule has 3 fully saturated rings. The summed E-state index contributed by atoms with van der Waals surface area (Å²) in [5.74, 6) is 0.263. The molecule has 8 nitrogen and oxygen atoms in total. The third kappa shape index (κ3) is 4.64. The first-order chi connectivity index (χ1) is 17.3. The fraction of sp³-hybridized carbons (Fsp3) is 0.370. The average molecular weight is 511 g/mol. The van der Waals surface area contributed by atoms with Crippen molar-refractivity contribution in [2.75, 3.05) is 31.5 Å². The Hall–Kier alpha value is -3.20. The van der Waals surface area contributed by atoms with Gasteiger partial charge in [0.25, 0.3) is 5.91 Å². The van der Waals surface area contributed by atoms with Crippen LogP contribution in [0.1, 0.15) is 29.7 Å². The van der Waals surface area contributed by atoms with Gasteiger partial charge in [-0.1, -0.05) is 65.3 Å². The maximum atomic E-state index is 13.7. The monoisotopic (exact) mass is 510 g/mol. The lowest BCUT2D eigenvalue weighted by atomic mass is 9.82. The van der Waals surface area contributed by atoms with Gasteiger partial charge in [-0.3, -0.25) is 4.79 Å². The number of esters is 1. The predicted octanol–water partition coefficient (Wildman–Crippen LogP) is 3.66. The molecule has 0 radical (unpaired) electrons. The SMILES string of the molecule is Cc1cc(NC(=O)C[N+]23CCC(CC2)[C@@H](OC(=O)C(O)(c2ccccc2)c2ccccc2Cl)C3)no1. The molecule has 1 aromatic heterocycles. The topological polar surface area (TPSA) is 102 Å². The second-order valence-electron chi connectivity index (χ2n) is 9.84. The molecule has 36 heavy (non-hydrogen) atoms. The summed E-state index contributed by atoms with van der Waals surface area (Å²) in [6.07, 6.45) is 1.26. The standard InChI is InChI=1S/C27H28ClN3O5/c1-18-15-24(30-36-18)29-25(32)17-31-13-11-19(12-14-31)23(16-31)35-26(33)27(34,20-7-3-2-4-8-20)21-9-5-6-10-22(21)28/h2-10,15,19,23,34H,11-14,16-17H2,1H3/p+1/t19?,23-,27?,31?/m0/s1. The highest BCUT2D eigenvalue weighted by Crippen LogP contribution is 2.39. The van der Waals surface area contributed by atoms with Gasteiger partial charge in [0.05, 0.1) is 13.1 Å². The van der Waals surface area contributed by atoms with Crippen molar-refractivity contribution in [3.8, 4) is 0 Å². The minimum Gasteiger partial charge on any atom is -0.453 e. The molecule has 3 aliphatic heterocycles. The molecule has 9 heteroatoms. The molecule has 2 atom stereocenters. The summed E-state index contributed by atoms with van der Waals surface area (Å²) in [6.45, 7) is 4.18. The van der Waals surface area contributed by atoms with Crippen molar-refractivity contribution in [1.82, 2.24) is 5.16 Å². The van der Waals surface area contributed by atoms with Crippen molar-refractivity contribution in [2.45, 2.75) is 31.5 Å². The fourth-order valence-corrected chi connectivity index (χ4v) is 5.80. The zero-order valence-electron chi connectivity index (χ0n) is 20.0. The molecule has 3 aromatic rings. The summed E-state index contributed by atoms with van der Waals surface area (Å²) in [5.41, 5.74) is -1.40. The number of nitrogens with one attached hydrogen (secondary N) is 1. The van der Waals surface area contributed by atoms with E-state index in [1.54, 1.807) is 61.5 Å². The van der Waals surface area contributed by atoms with Gasteiger partial charge in [0, 0.05) is 35.4 Å². The Labute approximate surface area is 214 Å². The van der Waals surface area contributed by atoms with Crippen molar-refractivity contribution in [3.05, 3.63) is 82.6 Å². The number of halogens is 1. The Balaban J connectivity index is 1.36. The van der Waals surface area contributed by atoms with E-state index in [0.29, 0.717) is 28.2 Å². The second-order valence-corrected chi connectivity index (χ2v) is 10.2. The number of benzene rings is 2. The smallest absolute Gasteiger partial charge is 0.348 e. The summed E-state index contributed by atoms with van der Waals surface area (Å²) in [6, 6.07) is 17.1. The number of aliphatic hydroxyl groups is 1. The molecule has 2 aromatic carbocycles. The van der Waals surface area contributed by atoms with E-state index in [-0.39, 0.29) is 29.0 Å². The summed E-state index contributed by atoms with van der Waals surface area (Å²) in [4.78, 5) is 26.5. The molecule has 0 aliphatic carbocycles. The van der Waals surface area contributed by atoms with Gasteiger partial charge < -0.3 is 24.2 Å². The van der Waals surface area contributed by atoms with E-state index in [4.69, 9.17) is 20.9 Å². The van der Waals surface area contributed by atoms with Gasteiger partial charge >= 0.3 is 5.97 Å². The number of piperidine rings is 3. The third-order valence-electron chi connectivity index (χ3n) is 7.42. The molecule has 188 valence electrons. The molecule has 4 heterocycles. The van der Waals surface area contributed by atoms with Gasteiger partial charge in [-0.25, -0.2) is 4.79 Å². The van der Waals surface area contributed by atoms with E-state index >= 15 is 0 Å². The van der Waals surface area contributed by atoms with Crippen molar-refractivity contribution >= 4 is 29.3 Å². The lowest BCUT2D eigenvalue weighted by molar-refractivity contribution is -0.939. The van der Waals surface area contributed by atoms with Crippen LogP contribution >= 0.6 is 11.6 Å². The summed E-state index contributed by atoms with van der Waals surface area (Å²) in [7, 11) is 0. The number of rotatable bonds is 7. The average Bonchev–Trinajstić information content (AvgIpc) is 3.28. The Kier molecular flexibility index (Phi) is 6.59. The first kappa shape index (κ1) is 24.5. The summed E-state index contributed by atoms with van der Waals surface area (Å²) >= 11 is 6.43. The van der Waals surface area contributed by atoms with E-state index in [9.17, 15) is 14.7 Å². The van der Waals surface area contributed by atoms with Gasteiger partial charge in [0.15, 0.2) is 18.5 Å². The van der Waals surface area contributed by atoms with Crippen LogP contribution in [0.2, 0.25) is 5.02 Å². The van der Waals surface area contributed by atoms with Crippen LogP contribution in [0.3, 0.4) is 0 Å². The third-order valence-corrected chi connectivity index (χ3v) is 7.75. The number of nitrogens with zero attached hydrogens (tertiary/aromatic N) is 2. The van der Waals surface area contributed by atoms with Gasteiger partial charge in [0.2, 0.25) is 5.60 Å². The lowest BCUT2D eigenvalue weighted by Gasteiger charge is -2.51. The molecule has 6 rings (SSSR count). The zero-order chi connectivity index (χ0) is 25.3. The van der Waals surface area contributed by atoms with Crippen molar-refractivity contribution in [2.24, 2.45) is 5.92 Å². The Morgan fingerprint density at radius 3 is 2.53 bits per heavy atom. The van der Waals surface area contributed by atoms with Crippen LogP contribution < -0.4 is 5.32 Å². The van der Waals surface area contributed by atoms with Gasteiger partial charge in [-0.05, 0) is 18.6 Å². The summed E-state index contributed by atoms with van der Waals surface area (Å²) in [5, 5.41) is 18.7. The van der Waals surface area contributed by atoms with Crippen molar-refractivity contribution in [1.29, 1.82) is 0 Å². The molecular weight excluding hydrogens is 482 g/mol. The minimum absolute atomic E-state index is 0.161. The van der Waals surface area contributed by atoms with E-state index in [0.717, 1.165) is 25.9 Å². The zero-order valence-corrected chi connectivity index (χ0v) is 20.8. The van der Waals surface area contributed by atoms with Gasteiger partial charge in [-0.2, -0.15) is 0 Å². The second kappa shape index (κ2) is 9.69. The number of amides is 1. The van der Waals surface area contributed by atoms with Crippen LogP contribution in [0.4, 0.5) is 5.82 Å². The molecule has 0 spiro atoms. The van der Waals surface area contributed by atoms with E-state index < -0.39 is 17.7 Å². The minimum atomic E-state index is -2.06. The lowest BCUT2D eigenvalue weighted by Crippen LogP contribution is -2.66. The van der Waals surface area contributed by atoms with E-state index in [2.05, 4.69) is 10.5 Å². The van der Waals surface area contributed by atoms with Crippen molar-refractivity contribution < 1.29 is 28.4 Å².